The van der Waals surface area contributed by atoms with Crippen LogP contribution in [-0.2, 0) is 6.54 Å². The predicted molar refractivity (Wildman–Crippen MR) is 111 cm³/mol. The van der Waals surface area contributed by atoms with Gasteiger partial charge in [-0.3, -0.25) is 0 Å². The highest BCUT2D eigenvalue weighted by Crippen LogP contribution is 2.35. The minimum Gasteiger partial charge on any atom is -0.382 e. The van der Waals surface area contributed by atoms with Gasteiger partial charge in [-0.05, 0) is 35.7 Å². The van der Waals surface area contributed by atoms with E-state index in [2.05, 4.69) is 73.8 Å². The first kappa shape index (κ1) is 17.3. The van der Waals surface area contributed by atoms with Gasteiger partial charge in [0.05, 0.1) is 0 Å². The zero-order valence-corrected chi connectivity index (χ0v) is 16.7. The number of aromatic nitrogens is 4. The van der Waals surface area contributed by atoms with Crippen LogP contribution in [0.5, 0.6) is 0 Å². The van der Waals surface area contributed by atoms with Crippen LogP contribution in [0.2, 0.25) is 0 Å². The molecule has 26 heavy (non-hydrogen) atoms. The Balaban J connectivity index is 1.81. The lowest BCUT2D eigenvalue weighted by molar-refractivity contribution is 0.638. The Bertz CT molecular complexity index is 1090. The second kappa shape index (κ2) is 7.25. The number of anilines is 1. The number of hydrogen-bond donors (Lipinski definition) is 1. The minimum atomic E-state index is 0.421. The highest BCUT2D eigenvalue weighted by Gasteiger charge is 2.16. The van der Waals surface area contributed by atoms with Crippen LogP contribution in [0.15, 0.2) is 52.8 Å². The fraction of sp³-hybridized carbons (Fsp3) is 0.211. The summed E-state index contributed by atoms with van der Waals surface area (Å²) in [6.45, 7) is 2.96. The lowest BCUT2D eigenvalue weighted by Crippen LogP contribution is -2.02. The standard InChI is InChI=1S/C19H18BrN5S/c1-12-9-13-5-2-3-6-14(13)10-15(12)26-19-24-16-17(21)22-11-23-18(16)25(19)8-4-7-20/h2-3,5-6,9-11H,4,7-8H2,1H3,(H2,21,22,23). The molecule has 7 heteroatoms. The summed E-state index contributed by atoms with van der Waals surface area (Å²) in [5.74, 6) is 0.421. The molecule has 0 fully saturated rings. The summed E-state index contributed by atoms with van der Waals surface area (Å²) in [7, 11) is 0. The molecular formula is C19H18BrN5S. The molecule has 0 unspecified atom stereocenters. The highest BCUT2D eigenvalue weighted by atomic mass is 79.9. The fourth-order valence-corrected chi connectivity index (χ4v) is 4.25. The number of rotatable bonds is 5. The molecule has 5 nitrogen and oxygen atoms in total. The summed E-state index contributed by atoms with van der Waals surface area (Å²) >= 11 is 5.16. The Labute approximate surface area is 164 Å². The van der Waals surface area contributed by atoms with Gasteiger partial charge in [-0.25, -0.2) is 15.0 Å². The van der Waals surface area contributed by atoms with Crippen molar-refractivity contribution in [3.8, 4) is 0 Å². The minimum absolute atomic E-state index is 0.421. The topological polar surface area (TPSA) is 69.6 Å². The van der Waals surface area contributed by atoms with Crippen LogP contribution >= 0.6 is 27.7 Å². The second-order valence-corrected chi connectivity index (χ2v) is 7.89. The summed E-state index contributed by atoms with van der Waals surface area (Å²) < 4.78 is 2.13. The van der Waals surface area contributed by atoms with Crippen molar-refractivity contribution in [3.05, 3.63) is 48.3 Å². The van der Waals surface area contributed by atoms with Gasteiger partial charge in [0.1, 0.15) is 6.33 Å². The second-order valence-electron chi connectivity index (χ2n) is 6.09. The number of nitrogens with two attached hydrogens (primary N) is 1. The van der Waals surface area contributed by atoms with E-state index in [1.165, 1.54) is 27.6 Å². The molecule has 132 valence electrons. The first-order valence-corrected chi connectivity index (χ1v) is 10.3. The third kappa shape index (κ3) is 3.17. The first-order chi connectivity index (χ1) is 12.7. The number of fused-ring (bicyclic) bond motifs is 2. The van der Waals surface area contributed by atoms with Gasteiger partial charge < -0.3 is 10.3 Å². The largest absolute Gasteiger partial charge is 0.382 e. The lowest BCUT2D eigenvalue weighted by atomic mass is 10.1. The molecule has 0 saturated heterocycles. The van der Waals surface area contributed by atoms with E-state index in [-0.39, 0.29) is 0 Å². The third-order valence-electron chi connectivity index (χ3n) is 4.29. The molecule has 2 aromatic carbocycles. The van der Waals surface area contributed by atoms with Crippen molar-refractivity contribution in [1.82, 2.24) is 19.5 Å². The van der Waals surface area contributed by atoms with Gasteiger partial charge in [-0.15, -0.1) is 0 Å². The molecule has 4 rings (SSSR count). The summed E-state index contributed by atoms with van der Waals surface area (Å²) in [4.78, 5) is 14.4. The molecule has 0 radical (unpaired) electrons. The number of aryl methyl sites for hydroxylation is 2. The first-order valence-electron chi connectivity index (χ1n) is 8.37. The van der Waals surface area contributed by atoms with Crippen LogP contribution in [-0.4, -0.2) is 24.8 Å². The predicted octanol–water partition coefficient (Wildman–Crippen LogP) is 4.81. The summed E-state index contributed by atoms with van der Waals surface area (Å²) in [6.07, 6.45) is 2.49. The van der Waals surface area contributed by atoms with Crippen LogP contribution in [0.1, 0.15) is 12.0 Å². The molecule has 0 spiro atoms. The molecular weight excluding hydrogens is 410 g/mol. The van der Waals surface area contributed by atoms with Crippen molar-refractivity contribution in [2.45, 2.75) is 29.9 Å². The molecule has 4 aromatic rings. The highest BCUT2D eigenvalue weighted by molar-refractivity contribution is 9.09. The van der Waals surface area contributed by atoms with Gasteiger partial charge >= 0.3 is 0 Å². The Morgan fingerprint density at radius 1 is 1.15 bits per heavy atom. The van der Waals surface area contributed by atoms with Crippen LogP contribution in [0, 0.1) is 6.92 Å². The van der Waals surface area contributed by atoms with Crippen LogP contribution in [0.3, 0.4) is 0 Å². The van der Waals surface area contributed by atoms with E-state index >= 15 is 0 Å². The normalized spacial score (nSPS) is 11.5. The van der Waals surface area contributed by atoms with Gasteiger partial charge in [0.25, 0.3) is 0 Å². The Hall–Kier alpha value is -2.12. The summed E-state index contributed by atoms with van der Waals surface area (Å²) in [6, 6.07) is 12.8. The lowest BCUT2D eigenvalue weighted by Gasteiger charge is -2.10. The zero-order valence-electron chi connectivity index (χ0n) is 14.3. The van der Waals surface area contributed by atoms with Crippen LogP contribution in [0.4, 0.5) is 5.82 Å². The van der Waals surface area contributed by atoms with Crippen LogP contribution in [0.25, 0.3) is 21.9 Å². The average Bonchev–Trinajstić information content (AvgIpc) is 2.99. The molecule has 0 atom stereocenters. The maximum absolute atomic E-state index is 6.02. The summed E-state index contributed by atoms with van der Waals surface area (Å²) in [5, 5.41) is 4.29. The number of alkyl halides is 1. The van der Waals surface area contributed by atoms with Crippen molar-refractivity contribution < 1.29 is 0 Å². The quantitative estimate of drug-likeness (QED) is 0.462. The van der Waals surface area contributed by atoms with Gasteiger partial charge in [0, 0.05) is 16.8 Å². The third-order valence-corrected chi connectivity index (χ3v) is 6.00. The van der Waals surface area contributed by atoms with Crippen molar-refractivity contribution >= 4 is 55.4 Å². The fourth-order valence-electron chi connectivity index (χ4n) is 2.97. The number of nitrogen functional groups attached to an aromatic ring is 1. The monoisotopic (exact) mass is 427 g/mol. The number of nitrogens with zero attached hydrogens (tertiary/aromatic N) is 4. The van der Waals surface area contributed by atoms with E-state index in [0.29, 0.717) is 11.3 Å². The van der Waals surface area contributed by atoms with Crippen molar-refractivity contribution in [2.75, 3.05) is 11.1 Å². The van der Waals surface area contributed by atoms with Crippen molar-refractivity contribution in [1.29, 1.82) is 0 Å². The van der Waals surface area contributed by atoms with E-state index in [1.807, 2.05) is 0 Å². The van der Waals surface area contributed by atoms with Crippen LogP contribution < -0.4 is 5.73 Å². The van der Waals surface area contributed by atoms with Gasteiger partial charge in [0.15, 0.2) is 22.1 Å². The number of halogens is 1. The van der Waals surface area contributed by atoms with E-state index in [1.54, 1.807) is 11.8 Å². The van der Waals surface area contributed by atoms with Crippen molar-refractivity contribution in [3.63, 3.8) is 0 Å². The van der Waals surface area contributed by atoms with Gasteiger partial charge in [-0.1, -0.05) is 58.0 Å². The Morgan fingerprint density at radius 2 is 1.92 bits per heavy atom. The average molecular weight is 428 g/mol. The smallest absolute Gasteiger partial charge is 0.175 e. The SMILES string of the molecule is Cc1cc2ccccc2cc1Sc1nc2c(N)ncnc2n1CCCBr. The van der Waals surface area contributed by atoms with Gasteiger partial charge in [0.2, 0.25) is 0 Å². The molecule has 0 bridgehead atoms. The molecule has 0 aliphatic carbocycles. The number of benzene rings is 2. The number of imidazole rings is 1. The molecule has 0 aliphatic rings. The Morgan fingerprint density at radius 3 is 2.69 bits per heavy atom. The molecule has 0 saturated carbocycles. The van der Waals surface area contributed by atoms with Gasteiger partial charge in [-0.2, -0.15) is 0 Å². The van der Waals surface area contributed by atoms with E-state index in [9.17, 15) is 0 Å². The Kier molecular flexibility index (Phi) is 4.82. The zero-order chi connectivity index (χ0) is 18.1. The van der Waals surface area contributed by atoms with Crippen molar-refractivity contribution in [2.24, 2.45) is 0 Å². The maximum atomic E-state index is 6.02. The number of hydrogen-bond acceptors (Lipinski definition) is 5. The van der Waals surface area contributed by atoms with E-state index in [4.69, 9.17) is 10.7 Å². The summed E-state index contributed by atoms with van der Waals surface area (Å²) in [5.41, 5.74) is 8.71. The molecule has 2 aromatic heterocycles. The molecule has 2 heterocycles. The molecule has 0 aliphatic heterocycles. The van der Waals surface area contributed by atoms with E-state index < -0.39 is 0 Å². The van der Waals surface area contributed by atoms with E-state index in [0.717, 1.165) is 29.1 Å². The molecule has 0 amide bonds. The molecule has 2 N–H and O–H groups in total. The maximum Gasteiger partial charge on any atom is 0.175 e.